The zero-order valence-corrected chi connectivity index (χ0v) is 11.6. The first kappa shape index (κ1) is 12.8. The molecule has 2 rings (SSSR count). The molecule has 0 bridgehead atoms. The van der Waals surface area contributed by atoms with E-state index in [1.807, 2.05) is 11.7 Å². The van der Waals surface area contributed by atoms with Crippen LogP contribution in [0.1, 0.15) is 36.6 Å². The fourth-order valence-corrected chi connectivity index (χ4v) is 2.26. The van der Waals surface area contributed by atoms with Crippen molar-refractivity contribution in [2.75, 3.05) is 0 Å². The summed E-state index contributed by atoms with van der Waals surface area (Å²) in [6.45, 7) is 7.00. The SMILES string of the molecule is Cc1ccc(CN)c(-c2cn(C)nc2C(C)C)c1. The minimum absolute atomic E-state index is 0.410. The van der Waals surface area contributed by atoms with E-state index in [1.54, 1.807) is 0 Å². The van der Waals surface area contributed by atoms with Crippen LogP contribution >= 0.6 is 0 Å². The van der Waals surface area contributed by atoms with Crippen LogP contribution in [-0.4, -0.2) is 9.78 Å². The number of nitrogens with zero attached hydrogens (tertiary/aromatic N) is 2. The molecule has 0 fully saturated rings. The maximum absolute atomic E-state index is 5.84. The molecule has 2 N–H and O–H groups in total. The highest BCUT2D eigenvalue weighted by atomic mass is 15.3. The Balaban J connectivity index is 2.64. The van der Waals surface area contributed by atoms with Gasteiger partial charge in [-0.05, 0) is 24.0 Å². The van der Waals surface area contributed by atoms with Crippen molar-refractivity contribution in [3.05, 3.63) is 41.2 Å². The summed E-state index contributed by atoms with van der Waals surface area (Å²) in [4.78, 5) is 0. The van der Waals surface area contributed by atoms with E-state index in [2.05, 4.69) is 50.3 Å². The summed E-state index contributed by atoms with van der Waals surface area (Å²) in [5.41, 5.74) is 11.8. The predicted octanol–water partition coefficient (Wildman–Crippen LogP) is 2.98. The number of aryl methyl sites for hydroxylation is 2. The van der Waals surface area contributed by atoms with Gasteiger partial charge in [0.25, 0.3) is 0 Å². The van der Waals surface area contributed by atoms with Crippen LogP contribution in [0.3, 0.4) is 0 Å². The van der Waals surface area contributed by atoms with Crippen LogP contribution in [0.2, 0.25) is 0 Å². The summed E-state index contributed by atoms with van der Waals surface area (Å²) in [6, 6.07) is 6.42. The molecule has 0 aliphatic carbocycles. The Morgan fingerprint density at radius 3 is 2.61 bits per heavy atom. The third kappa shape index (κ3) is 2.31. The monoisotopic (exact) mass is 243 g/mol. The standard InChI is InChI=1S/C15H21N3/c1-10(2)15-14(9-18(4)17-15)13-7-11(3)5-6-12(13)8-16/h5-7,9-10H,8,16H2,1-4H3. The van der Waals surface area contributed by atoms with Crippen molar-refractivity contribution < 1.29 is 0 Å². The van der Waals surface area contributed by atoms with Gasteiger partial charge in [0.15, 0.2) is 0 Å². The number of hydrogen-bond donors (Lipinski definition) is 1. The third-order valence-electron chi connectivity index (χ3n) is 3.18. The minimum atomic E-state index is 0.410. The van der Waals surface area contributed by atoms with Gasteiger partial charge >= 0.3 is 0 Å². The highest BCUT2D eigenvalue weighted by Crippen LogP contribution is 2.31. The maximum atomic E-state index is 5.84. The van der Waals surface area contributed by atoms with Crippen LogP contribution in [0.5, 0.6) is 0 Å². The lowest BCUT2D eigenvalue weighted by atomic mass is 9.95. The van der Waals surface area contributed by atoms with Gasteiger partial charge in [0.05, 0.1) is 5.69 Å². The highest BCUT2D eigenvalue weighted by molar-refractivity contribution is 5.70. The molecule has 0 radical (unpaired) electrons. The molecular formula is C15H21N3. The van der Waals surface area contributed by atoms with Crippen molar-refractivity contribution in [2.24, 2.45) is 12.8 Å². The van der Waals surface area contributed by atoms with Crippen molar-refractivity contribution in [2.45, 2.75) is 33.2 Å². The molecule has 1 heterocycles. The average Bonchev–Trinajstić information content (AvgIpc) is 2.71. The van der Waals surface area contributed by atoms with Crippen molar-refractivity contribution in [1.82, 2.24) is 9.78 Å². The van der Waals surface area contributed by atoms with Crippen molar-refractivity contribution >= 4 is 0 Å². The van der Waals surface area contributed by atoms with Crippen LogP contribution in [0.15, 0.2) is 24.4 Å². The Morgan fingerprint density at radius 2 is 2.00 bits per heavy atom. The molecule has 1 aromatic heterocycles. The molecule has 1 aromatic carbocycles. The van der Waals surface area contributed by atoms with Crippen LogP contribution in [0.25, 0.3) is 11.1 Å². The molecule has 0 unspecified atom stereocenters. The van der Waals surface area contributed by atoms with Gasteiger partial charge in [-0.1, -0.05) is 37.6 Å². The van der Waals surface area contributed by atoms with Crippen LogP contribution in [-0.2, 0) is 13.6 Å². The Bertz CT molecular complexity index is 553. The van der Waals surface area contributed by atoms with E-state index in [9.17, 15) is 0 Å². The molecule has 2 aromatic rings. The third-order valence-corrected chi connectivity index (χ3v) is 3.18. The van der Waals surface area contributed by atoms with E-state index in [4.69, 9.17) is 5.73 Å². The average molecular weight is 243 g/mol. The van der Waals surface area contributed by atoms with Crippen LogP contribution in [0, 0.1) is 6.92 Å². The molecular weight excluding hydrogens is 222 g/mol. The Kier molecular flexibility index (Phi) is 3.53. The first-order valence-corrected chi connectivity index (χ1v) is 6.36. The molecule has 18 heavy (non-hydrogen) atoms. The lowest BCUT2D eigenvalue weighted by Crippen LogP contribution is -2.00. The van der Waals surface area contributed by atoms with E-state index in [-0.39, 0.29) is 0 Å². The Morgan fingerprint density at radius 1 is 1.28 bits per heavy atom. The minimum Gasteiger partial charge on any atom is -0.326 e. The smallest absolute Gasteiger partial charge is 0.0728 e. The molecule has 0 atom stereocenters. The topological polar surface area (TPSA) is 43.8 Å². The van der Waals surface area contributed by atoms with Gasteiger partial charge in [0.2, 0.25) is 0 Å². The van der Waals surface area contributed by atoms with Gasteiger partial charge in [-0.25, -0.2) is 0 Å². The van der Waals surface area contributed by atoms with Gasteiger partial charge < -0.3 is 5.73 Å². The van der Waals surface area contributed by atoms with E-state index in [0.717, 1.165) is 5.69 Å². The molecule has 0 spiro atoms. The van der Waals surface area contributed by atoms with Crippen molar-refractivity contribution in [3.8, 4) is 11.1 Å². The van der Waals surface area contributed by atoms with E-state index >= 15 is 0 Å². The highest BCUT2D eigenvalue weighted by Gasteiger charge is 2.15. The quantitative estimate of drug-likeness (QED) is 0.900. The van der Waals surface area contributed by atoms with Gasteiger partial charge in [-0.15, -0.1) is 0 Å². The molecule has 3 heteroatoms. The summed E-state index contributed by atoms with van der Waals surface area (Å²) in [6.07, 6.45) is 2.09. The summed E-state index contributed by atoms with van der Waals surface area (Å²) < 4.78 is 1.88. The summed E-state index contributed by atoms with van der Waals surface area (Å²) >= 11 is 0. The number of hydrogen-bond acceptors (Lipinski definition) is 2. The fourth-order valence-electron chi connectivity index (χ4n) is 2.26. The number of rotatable bonds is 3. The van der Waals surface area contributed by atoms with E-state index < -0.39 is 0 Å². The van der Waals surface area contributed by atoms with Crippen molar-refractivity contribution in [3.63, 3.8) is 0 Å². The second-order valence-corrected chi connectivity index (χ2v) is 5.12. The maximum Gasteiger partial charge on any atom is 0.0728 e. The second kappa shape index (κ2) is 4.94. The Hall–Kier alpha value is -1.61. The van der Waals surface area contributed by atoms with Crippen molar-refractivity contribution in [1.29, 1.82) is 0 Å². The van der Waals surface area contributed by atoms with Crippen LogP contribution in [0.4, 0.5) is 0 Å². The number of benzene rings is 1. The molecule has 0 amide bonds. The van der Waals surface area contributed by atoms with Gasteiger partial charge in [0, 0.05) is 25.4 Å². The predicted molar refractivity (Wildman–Crippen MR) is 75.4 cm³/mol. The second-order valence-electron chi connectivity index (χ2n) is 5.12. The molecule has 3 nitrogen and oxygen atoms in total. The number of aromatic nitrogens is 2. The summed E-state index contributed by atoms with van der Waals surface area (Å²) in [7, 11) is 1.97. The molecule has 0 aliphatic rings. The van der Waals surface area contributed by atoms with E-state index in [1.165, 1.54) is 22.3 Å². The van der Waals surface area contributed by atoms with E-state index in [0.29, 0.717) is 12.5 Å². The lowest BCUT2D eigenvalue weighted by Gasteiger charge is -2.10. The zero-order chi connectivity index (χ0) is 13.3. The Labute approximate surface area is 109 Å². The zero-order valence-electron chi connectivity index (χ0n) is 11.6. The first-order chi connectivity index (χ1) is 8.52. The van der Waals surface area contributed by atoms with Crippen LogP contribution < -0.4 is 5.73 Å². The molecule has 0 saturated heterocycles. The normalized spacial score (nSPS) is 11.2. The number of nitrogens with two attached hydrogens (primary N) is 1. The fraction of sp³-hybridized carbons (Fsp3) is 0.400. The molecule has 96 valence electrons. The first-order valence-electron chi connectivity index (χ1n) is 6.36. The largest absolute Gasteiger partial charge is 0.326 e. The summed E-state index contributed by atoms with van der Waals surface area (Å²) in [5.74, 6) is 0.410. The lowest BCUT2D eigenvalue weighted by molar-refractivity contribution is 0.713. The molecule has 0 aliphatic heterocycles. The van der Waals surface area contributed by atoms with Gasteiger partial charge in [0.1, 0.15) is 0 Å². The summed E-state index contributed by atoms with van der Waals surface area (Å²) in [5, 5.41) is 4.57. The molecule has 0 saturated carbocycles. The van der Waals surface area contributed by atoms with Gasteiger partial charge in [-0.2, -0.15) is 5.10 Å². The van der Waals surface area contributed by atoms with Gasteiger partial charge in [-0.3, -0.25) is 4.68 Å².